The zero-order valence-electron chi connectivity index (χ0n) is 11.8. The van der Waals surface area contributed by atoms with Gasteiger partial charge in [0.25, 0.3) is 5.91 Å². The van der Waals surface area contributed by atoms with E-state index in [1.54, 1.807) is 0 Å². The van der Waals surface area contributed by atoms with Crippen molar-refractivity contribution < 1.29 is 19.1 Å². The van der Waals surface area contributed by atoms with Gasteiger partial charge in [-0.25, -0.2) is 4.39 Å². The van der Waals surface area contributed by atoms with Crippen molar-refractivity contribution in [2.45, 2.75) is 25.7 Å². The van der Waals surface area contributed by atoms with E-state index in [9.17, 15) is 14.0 Å². The number of aromatic amines is 1. The first-order valence-electron chi connectivity index (χ1n) is 6.95. The van der Waals surface area contributed by atoms with Crippen molar-refractivity contribution in [3.05, 3.63) is 34.7 Å². The molecule has 118 valence electrons. The minimum atomic E-state index is -0.818. The molecule has 0 radical (unpaired) electrons. The van der Waals surface area contributed by atoms with Gasteiger partial charge in [-0.3, -0.25) is 9.59 Å². The van der Waals surface area contributed by atoms with Crippen LogP contribution in [-0.4, -0.2) is 28.5 Å². The number of carbonyl (C=O) groups is 2. The van der Waals surface area contributed by atoms with E-state index in [0.29, 0.717) is 30.3 Å². The Balaban J connectivity index is 1.90. The summed E-state index contributed by atoms with van der Waals surface area (Å²) < 4.78 is 13.2. The third kappa shape index (κ3) is 3.98. The van der Waals surface area contributed by atoms with Crippen LogP contribution < -0.4 is 5.32 Å². The summed E-state index contributed by atoms with van der Waals surface area (Å²) in [6.07, 6.45) is 2.12. The Morgan fingerprint density at radius 1 is 1.27 bits per heavy atom. The fourth-order valence-electron chi connectivity index (χ4n) is 2.16. The lowest BCUT2D eigenvalue weighted by Crippen LogP contribution is -2.25. The Bertz CT molecular complexity index is 699. The zero-order valence-corrected chi connectivity index (χ0v) is 12.5. The molecular weight excluding hydrogens is 311 g/mol. The second-order valence-electron chi connectivity index (χ2n) is 4.96. The van der Waals surface area contributed by atoms with E-state index in [4.69, 9.17) is 16.7 Å². The molecule has 3 N–H and O–H groups in total. The van der Waals surface area contributed by atoms with Gasteiger partial charge in [0, 0.05) is 23.9 Å². The average molecular weight is 327 g/mol. The Morgan fingerprint density at radius 2 is 2.05 bits per heavy atom. The smallest absolute Gasteiger partial charge is 0.303 e. The van der Waals surface area contributed by atoms with Crippen molar-refractivity contribution in [1.29, 1.82) is 0 Å². The fourth-order valence-corrected chi connectivity index (χ4v) is 2.45. The van der Waals surface area contributed by atoms with Crippen LogP contribution in [0.2, 0.25) is 5.02 Å². The number of H-pyrrole nitrogens is 1. The number of fused-ring (bicyclic) bond motifs is 1. The number of unbranched alkanes of at least 4 members (excludes halogenated alkanes) is 2. The first-order chi connectivity index (χ1) is 10.5. The van der Waals surface area contributed by atoms with Gasteiger partial charge in [-0.15, -0.1) is 0 Å². The summed E-state index contributed by atoms with van der Waals surface area (Å²) in [5.41, 5.74) is 0.797. The van der Waals surface area contributed by atoms with Gasteiger partial charge in [0.15, 0.2) is 0 Å². The molecule has 2 rings (SSSR count). The van der Waals surface area contributed by atoms with Crippen LogP contribution in [0, 0.1) is 5.82 Å². The average Bonchev–Trinajstić information content (AvgIpc) is 2.79. The number of halogens is 2. The van der Waals surface area contributed by atoms with E-state index in [0.717, 1.165) is 6.42 Å². The molecule has 1 amide bonds. The number of rotatable bonds is 7. The Morgan fingerprint density at radius 3 is 2.77 bits per heavy atom. The van der Waals surface area contributed by atoms with Crippen LogP contribution in [0.1, 0.15) is 36.2 Å². The van der Waals surface area contributed by atoms with Gasteiger partial charge >= 0.3 is 5.97 Å². The number of benzene rings is 1. The number of carboxylic acid groups (broad SMARTS) is 1. The van der Waals surface area contributed by atoms with Crippen molar-refractivity contribution in [2.75, 3.05) is 6.54 Å². The van der Waals surface area contributed by atoms with Crippen molar-refractivity contribution in [3.8, 4) is 0 Å². The standard InChI is InChI=1S/C15H16ClFN2O3/c16-13-10-8-9(17)5-6-11(10)19-14(13)15(22)18-7-3-1-2-4-12(20)21/h5-6,8,19H,1-4,7H2,(H,18,22)(H,20,21). The van der Waals surface area contributed by atoms with E-state index < -0.39 is 11.8 Å². The van der Waals surface area contributed by atoms with Gasteiger partial charge in [0.05, 0.1) is 5.02 Å². The highest BCUT2D eigenvalue weighted by atomic mass is 35.5. The molecule has 5 nitrogen and oxygen atoms in total. The second-order valence-corrected chi connectivity index (χ2v) is 5.34. The molecule has 0 atom stereocenters. The molecule has 1 aromatic carbocycles. The van der Waals surface area contributed by atoms with E-state index in [1.165, 1.54) is 18.2 Å². The number of carbonyl (C=O) groups excluding carboxylic acids is 1. The number of nitrogens with one attached hydrogen (secondary N) is 2. The van der Waals surface area contributed by atoms with Gasteiger partial charge in [0.1, 0.15) is 11.5 Å². The molecular formula is C15H16ClFN2O3. The van der Waals surface area contributed by atoms with Crippen molar-refractivity contribution >= 4 is 34.4 Å². The molecule has 22 heavy (non-hydrogen) atoms. The predicted molar refractivity (Wildman–Crippen MR) is 81.7 cm³/mol. The van der Waals surface area contributed by atoms with Gasteiger partial charge < -0.3 is 15.4 Å². The molecule has 0 saturated carbocycles. The lowest BCUT2D eigenvalue weighted by atomic mass is 10.2. The normalized spacial score (nSPS) is 10.8. The molecule has 0 aliphatic rings. The molecule has 1 aromatic heterocycles. The first kappa shape index (κ1) is 16.3. The summed E-state index contributed by atoms with van der Waals surface area (Å²) in [5, 5.41) is 11.9. The number of carboxylic acids is 1. The van der Waals surface area contributed by atoms with Gasteiger partial charge in [-0.05, 0) is 31.0 Å². The summed E-state index contributed by atoms with van der Waals surface area (Å²) in [6.45, 7) is 0.429. The summed E-state index contributed by atoms with van der Waals surface area (Å²) in [5.74, 6) is -1.60. The van der Waals surface area contributed by atoms with Gasteiger partial charge in [-0.2, -0.15) is 0 Å². The van der Waals surface area contributed by atoms with Crippen LogP contribution in [-0.2, 0) is 4.79 Å². The molecule has 0 saturated heterocycles. The minimum Gasteiger partial charge on any atom is -0.481 e. The third-order valence-electron chi connectivity index (χ3n) is 3.28. The van der Waals surface area contributed by atoms with Crippen molar-refractivity contribution in [3.63, 3.8) is 0 Å². The topological polar surface area (TPSA) is 82.2 Å². The molecule has 1 heterocycles. The quantitative estimate of drug-likeness (QED) is 0.682. The molecule has 7 heteroatoms. The largest absolute Gasteiger partial charge is 0.481 e. The summed E-state index contributed by atoms with van der Waals surface area (Å²) >= 11 is 6.10. The molecule has 0 aliphatic carbocycles. The van der Waals surface area contributed by atoms with E-state index >= 15 is 0 Å². The van der Waals surface area contributed by atoms with Gasteiger partial charge in [0.2, 0.25) is 0 Å². The maximum atomic E-state index is 13.2. The number of aromatic nitrogens is 1. The Hall–Kier alpha value is -2.08. The highest BCUT2D eigenvalue weighted by Gasteiger charge is 2.16. The lowest BCUT2D eigenvalue weighted by Gasteiger charge is -2.03. The van der Waals surface area contributed by atoms with E-state index in [-0.39, 0.29) is 23.0 Å². The highest BCUT2D eigenvalue weighted by Crippen LogP contribution is 2.27. The van der Waals surface area contributed by atoms with Crippen LogP contribution in [0.25, 0.3) is 10.9 Å². The Kier molecular flexibility index (Phi) is 5.38. The molecule has 0 aliphatic heterocycles. The summed E-state index contributed by atoms with van der Waals surface area (Å²) in [4.78, 5) is 25.3. The molecule has 0 unspecified atom stereocenters. The Labute approximate surface area is 131 Å². The maximum absolute atomic E-state index is 13.2. The third-order valence-corrected chi connectivity index (χ3v) is 3.67. The van der Waals surface area contributed by atoms with Gasteiger partial charge in [-0.1, -0.05) is 18.0 Å². The minimum absolute atomic E-state index is 0.132. The maximum Gasteiger partial charge on any atom is 0.303 e. The van der Waals surface area contributed by atoms with Crippen LogP contribution >= 0.6 is 11.6 Å². The van der Waals surface area contributed by atoms with Crippen LogP contribution in [0.4, 0.5) is 4.39 Å². The van der Waals surface area contributed by atoms with E-state index in [1.807, 2.05) is 0 Å². The predicted octanol–water partition coefficient (Wildman–Crippen LogP) is 3.34. The molecule has 2 aromatic rings. The van der Waals surface area contributed by atoms with Crippen molar-refractivity contribution in [1.82, 2.24) is 10.3 Å². The monoisotopic (exact) mass is 326 g/mol. The SMILES string of the molecule is O=C(O)CCCCCNC(=O)c1[nH]c2ccc(F)cc2c1Cl. The number of hydrogen-bond donors (Lipinski definition) is 3. The summed E-state index contributed by atoms with van der Waals surface area (Å²) in [7, 11) is 0. The number of aliphatic carboxylic acids is 1. The molecule has 0 spiro atoms. The van der Waals surface area contributed by atoms with Crippen LogP contribution in [0.5, 0.6) is 0 Å². The molecule has 0 fully saturated rings. The van der Waals surface area contributed by atoms with Crippen LogP contribution in [0.15, 0.2) is 18.2 Å². The molecule has 0 bridgehead atoms. The van der Waals surface area contributed by atoms with Crippen LogP contribution in [0.3, 0.4) is 0 Å². The first-order valence-corrected chi connectivity index (χ1v) is 7.33. The van der Waals surface area contributed by atoms with Crippen molar-refractivity contribution in [2.24, 2.45) is 0 Å². The van der Waals surface area contributed by atoms with E-state index in [2.05, 4.69) is 10.3 Å². The fraction of sp³-hybridized carbons (Fsp3) is 0.333. The number of amides is 1. The number of hydrogen-bond acceptors (Lipinski definition) is 2. The highest BCUT2D eigenvalue weighted by molar-refractivity contribution is 6.38. The lowest BCUT2D eigenvalue weighted by molar-refractivity contribution is -0.137. The zero-order chi connectivity index (χ0) is 16.1. The summed E-state index contributed by atoms with van der Waals surface area (Å²) in [6, 6.07) is 4.09. The second kappa shape index (κ2) is 7.26.